The Morgan fingerprint density at radius 1 is 1.04 bits per heavy atom. The average molecular weight is 372 g/mol. The molecule has 7 heteroatoms. The van der Waals surface area contributed by atoms with Crippen molar-refractivity contribution in [3.8, 4) is 0 Å². The van der Waals surface area contributed by atoms with Crippen LogP contribution in [0.25, 0.3) is 10.8 Å². The maximum atomic E-state index is 12.3. The van der Waals surface area contributed by atoms with E-state index in [0.717, 1.165) is 15.7 Å². The highest BCUT2D eigenvalue weighted by Gasteiger charge is 2.29. The Labute approximate surface area is 157 Å². The summed E-state index contributed by atoms with van der Waals surface area (Å²) in [5.74, 6) is -1.49. The molecule has 2 aromatic carbocycles. The van der Waals surface area contributed by atoms with E-state index in [1.807, 2.05) is 44.2 Å². The first-order valence-corrected chi connectivity index (χ1v) is 8.79. The first-order chi connectivity index (χ1) is 12.8. The van der Waals surface area contributed by atoms with Gasteiger partial charge >= 0.3 is 12.1 Å². The minimum Gasteiger partial charge on any atom is -0.480 e. The zero-order valence-corrected chi connectivity index (χ0v) is 15.4. The summed E-state index contributed by atoms with van der Waals surface area (Å²) in [5, 5.41) is 23.3. The second-order valence-electron chi connectivity index (χ2n) is 6.78. The predicted molar refractivity (Wildman–Crippen MR) is 102 cm³/mol. The summed E-state index contributed by atoms with van der Waals surface area (Å²) in [6, 6.07) is 11.8. The lowest BCUT2D eigenvalue weighted by Crippen LogP contribution is -2.48. The molecule has 1 unspecified atom stereocenters. The molecule has 0 aromatic heterocycles. The monoisotopic (exact) mass is 372 g/mol. The van der Waals surface area contributed by atoms with Gasteiger partial charge in [-0.1, -0.05) is 44.2 Å². The number of hydrogen-bond donors (Lipinski definition) is 3. The zero-order chi connectivity index (χ0) is 20.0. The van der Waals surface area contributed by atoms with Crippen molar-refractivity contribution in [3.63, 3.8) is 0 Å². The van der Waals surface area contributed by atoms with Crippen LogP contribution in [0.15, 0.2) is 42.5 Å². The third kappa shape index (κ3) is 5.44. The minimum absolute atomic E-state index is 0.0276. The molecule has 0 fully saturated rings. The van der Waals surface area contributed by atoms with E-state index in [4.69, 9.17) is 0 Å². The molecular formula is C20H24N2O5. The Hall–Kier alpha value is -3.09. The van der Waals surface area contributed by atoms with Crippen molar-refractivity contribution in [2.24, 2.45) is 5.92 Å². The molecule has 144 valence electrons. The van der Waals surface area contributed by atoms with E-state index in [1.165, 1.54) is 0 Å². The van der Waals surface area contributed by atoms with E-state index in [2.05, 4.69) is 5.32 Å². The molecule has 7 nitrogen and oxygen atoms in total. The minimum atomic E-state index is -1.32. The van der Waals surface area contributed by atoms with Crippen molar-refractivity contribution >= 4 is 28.7 Å². The fourth-order valence-electron chi connectivity index (χ4n) is 2.92. The van der Waals surface area contributed by atoms with Crippen LogP contribution in [0.1, 0.15) is 30.6 Å². The molecule has 2 rings (SSSR count). The van der Waals surface area contributed by atoms with E-state index in [-0.39, 0.29) is 31.3 Å². The van der Waals surface area contributed by atoms with Gasteiger partial charge in [-0.3, -0.25) is 9.69 Å². The Kier molecular flexibility index (Phi) is 6.76. The fourth-order valence-corrected chi connectivity index (χ4v) is 2.92. The molecule has 0 saturated heterocycles. The molecular weight excluding hydrogens is 348 g/mol. The third-order valence-electron chi connectivity index (χ3n) is 4.25. The van der Waals surface area contributed by atoms with Gasteiger partial charge in [-0.15, -0.1) is 0 Å². The molecule has 1 atom stereocenters. The Balaban J connectivity index is 2.01. The number of nitrogens with zero attached hydrogens (tertiary/aromatic N) is 1. The number of hydrogen-bond acceptors (Lipinski definition) is 3. The van der Waals surface area contributed by atoms with E-state index in [9.17, 15) is 24.6 Å². The van der Waals surface area contributed by atoms with Crippen LogP contribution in [0.3, 0.4) is 0 Å². The van der Waals surface area contributed by atoms with Gasteiger partial charge in [0.25, 0.3) is 5.91 Å². The van der Waals surface area contributed by atoms with Gasteiger partial charge in [-0.05, 0) is 35.2 Å². The predicted octanol–water partition coefficient (Wildman–Crippen LogP) is 3.05. The van der Waals surface area contributed by atoms with Crippen LogP contribution in [0.2, 0.25) is 0 Å². The first-order valence-electron chi connectivity index (χ1n) is 8.79. The van der Waals surface area contributed by atoms with Crippen LogP contribution >= 0.6 is 0 Å². The first kappa shape index (κ1) is 20.2. The van der Waals surface area contributed by atoms with Gasteiger partial charge in [0.15, 0.2) is 0 Å². The highest BCUT2D eigenvalue weighted by atomic mass is 16.4. The second kappa shape index (κ2) is 9.02. The molecule has 27 heavy (non-hydrogen) atoms. The summed E-state index contributed by atoms with van der Waals surface area (Å²) in [6.07, 6.45) is -1.11. The molecule has 0 aliphatic carbocycles. The van der Waals surface area contributed by atoms with Crippen LogP contribution in [-0.4, -0.2) is 52.2 Å². The molecule has 2 aromatic rings. The molecule has 0 radical (unpaired) electrons. The summed E-state index contributed by atoms with van der Waals surface area (Å²) in [7, 11) is 0. The van der Waals surface area contributed by atoms with Crippen LogP contribution in [0, 0.1) is 5.92 Å². The van der Waals surface area contributed by atoms with Gasteiger partial charge < -0.3 is 15.5 Å². The zero-order valence-electron chi connectivity index (χ0n) is 15.4. The summed E-state index contributed by atoms with van der Waals surface area (Å²) >= 11 is 0. The van der Waals surface area contributed by atoms with Crippen LogP contribution in [-0.2, 0) is 4.79 Å². The highest BCUT2D eigenvalue weighted by molar-refractivity contribution is 5.98. The van der Waals surface area contributed by atoms with Gasteiger partial charge in [0.05, 0.1) is 0 Å². The summed E-state index contributed by atoms with van der Waals surface area (Å²) in [5.41, 5.74) is 0.465. The van der Waals surface area contributed by atoms with Gasteiger partial charge in [0.1, 0.15) is 6.04 Å². The van der Waals surface area contributed by atoms with E-state index < -0.39 is 18.1 Å². The number of carboxylic acid groups (broad SMARTS) is 2. The molecule has 2 amide bonds. The number of fused-ring (bicyclic) bond motifs is 1. The van der Waals surface area contributed by atoms with Gasteiger partial charge in [-0.25, -0.2) is 9.59 Å². The Morgan fingerprint density at radius 2 is 1.70 bits per heavy atom. The van der Waals surface area contributed by atoms with E-state index in [0.29, 0.717) is 5.56 Å². The van der Waals surface area contributed by atoms with E-state index in [1.54, 1.807) is 12.1 Å². The molecule has 0 aliphatic heterocycles. The van der Waals surface area contributed by atoms with Crippen LogP contribution < -0.4 is 5.32 Å². The van der Waals surface area contributed by atoms with Crippen molar-refractivity contribution in [2.75, 3.05) is 13.1 Å². The summed E-state index contributed by atoms with van der Waals surface area (Å²) in [6.45, 7) is 3.59. The van der Waals surface area contributed by atoms with E-state index >= 15 is 0 Å². The lowest BCUT2D eigenvalue weighted by atomic mass is 10.0. The van der Waals surface area contributed by atoms with Crippen LogP contribution in [0.4, 0.5) is 4.79 Å². The third-order valence-corrected chi connectivity index (χ3v) is 4.25. The molecule has 0 aliphatic rings. The van der Waals surface area contributed by atoms with Gasteiger partial charge in [0.2, 0.25) is 0 Å². The quantitative estimate of drug-likeness (QED) is 0.660. The summed E-state index contributed by atoms with van der Waals surface area (Å²) in [4.78, 5) is 36.1. The number of carbonyl (C=O) groups excluding carboxylic acids is 1. The maximum Gasteiger partial charge on any atom is 0.408 e. The molecule has 0 saturated carbocycles. The van der Waals surface area contributed by atoms with Gasteiger partial charge in [-0.2, -0.15) is 0 Å². The smallest absolute Gasteiger partial charge is 0.408 e. The number of carboxylic acids is 1. The lowest BCUT2D eigenvalue weighted by Gasteiger charge is -2.27. The van der Waals surface area contributed by atoms with Crippen molar-refractivity contribution in [1.82, 2.24) is 10.2 Å². The van der Waals surface area contributed by atoms with Crippen molar-refractivity contribution in [3.05, 3.63) is 48.0 Å². The van der Waals surface area contributed by atoms with Crippen molar-refractivity contribution in [2.45, 2.75) is 26.3 Å². The highest BCUT2D eigenvalue weighted by Crippen LogP contribution is 2.16. The van der Waals surface area contributed by atoms with Gasteiger partial charge in [0, 0.05) is 18.7 Å². The number of benzene rings is 2. The number of aliphatic carboxylic acids is 1. The summed E-state index contributed by atoms with van der Waals surface area (Å²) < 4.78 is 0. The standard InChI is InChI=1S/C20H24N2O5/c1-13(2)11-17(19(24)25)22(20(26)27)10-9-21-18(23)16-8-7-14-5-3-4-6-15(14)12-16/h3-8,12-13,17H,9-11H2,1-2H3,(H,21,23)(H,24,25)(H,26,27). The average Bonchev–Trinajstić information content (AvgIpc) is 2.62. The molecule has 3 N–H and O–H groups in total. The molecule has 0 bridgehead atoms. The number of carbonyl (C=O) groups is 3. The Bertz CT molecular complexity index is 834. The number of rotatable bonds is 8. The largest absolute Gasteiger partial charge is 0.480 e. The number of nitrogens with one attached hydrogen (secondary N) is 1. The fraction of sp³-hybridized carbons (Fsp3) is 0.350. The Morgan fingerprint density at radius 3 is 2.30 bits per heavy atom. The SMILES string of the molecule is CC(C)CC(C(=O)O)N(CCNC(=O)c1ccc2ccccc2c1)C(=O)O. The maximum absolute atomic E-state index is 12.3. The normalized spacial score (nSPS) is 12.0. The van der Waals surface area contributed by atoms with Crippen molar-refractivity contribution < 1.29 is 24.6 Å². The molecule has 0 heterocycles. The second-order valence-corrected chi connectivity index (χ2v) is 6.78. The van der Waals surface area contributed by atoms with Crippen molar-refractivity contribution in [1.29, 1.82) is 0 Å². The topological polar surface area (TPSA) is 107 Å². The lowest BCUT2D eigenvalue weighted by molar-refractivity contribution is -0.143. The molecule has 0 spiro atoms. The number of amides is 2. The van der Waals surface area contributed by atoms with Crippen LogP contribution in [0.5, 0.6) is 0 Å².